The van der Waals surface area contributed by atoms with Crippen LogP contribution in [0.5, 0.6) is 0 Å². The van der Waals surface area contributed by atoms with Crippen molar-refractivity contribution in [2.45, 2.75) is 6.54 Å². The van der Waals surface area contributed by atoms with Gasteiger partial charge in [0.25, 0.3) is 0 Å². The number of hydrogen-bond donors (Lipinski definition) is 0. The van der Waals surface area contributed by atoms with Gasteiger partial charge >= 0.3 is 0 Å². The molecule has 0 aliphatic heterocycles. The van der Waals surface area contributed by atoms with Gasteiger partial charge in [-0.25, -0.2) is 0 Å². The first-order valence-corrected chi connectivity index (χ1v) is 4.34. The van der Waals surface area contributed by atoms with Crippen LogP contribution in [0.3, 0.4) is 0 Å². The van der Waals surface area contributed by atoms with E-state index >= 15 is 0 Å². The molecule has 0 unspecified atom stereocenters. The Hall–Kier alpha value is -0.340. The fourth-order valence-electron chi connectivity index (χ4n) is 0.930. The summed E-state index contributed by atoms with van der Waals surface area (Å²) in [5, 5.41) is 4.34. The van der Waals surface area contributed by atoms with Gasteiger partial charge in [0, 0.05) is 5.56 Å². The Morgan fingerprint density at radius 3 is 2.50 bits per heavy atom. The van der Waals surface area contributed by atoms with Crippen LogP contribution < -0.4 is 0 Å². The highest BCUT2D eigenvalue weighted by Gasteiger charge is 2.07. The molecule has 0 spiro atoms. The van der Waals surface area contributed by atoms with Crippen LogP contribution in [0.25, 0.3) is 0 Å². The molecule has 0 aliphatic carbocycles. The molecular weight excluding hydrogens is 142 g/mol. The molecule has 0 saturated carbocycles. The smallest absolute Gasteiger partial charge is 0.105 e. The number of hydrogen-bond acceptors (Lipinski definition) is 1. The van der Waals surface area contributed by atoms with E-state index in [1.807, 2.05) is 0 Å². The first-order valence-electron chi connectivity index (χ1n) is 3.39. The quantitative estimate of drug-likeness (QED) is 0.574. The molecule has 1 nitrogen and oxygen atoms in total. The topological polar surface area (TPSA) is 0 Å². The van der Waals surface area contributed by atoms with Crippen molar-refractivity contribution in [3.05, 3.63) is 22.4 Å². The van der Waals surface area contributed by atoms with Crippen molar-refractivity contribution in [2.24, 2.45) is 0 Å². The maximum atomic E-state index is 2.21. The van der Waals surface area contributed by atoms with Crippen molar-refractivity contribution in [1.82, 2.24) is 0 Å². The zero-order chi connectivity index (χ0) is 7.61. The fraction of sp³-hybridized carbons (Fsp3) is 0.500. The van der Waals surface area contributed by atoms with Crippen LogP contribution in [-0.4, -0.2) is 25.6 Å². The monoisotopic (exact) mass is 156 g/mol. The van der Waals surface area contributed by atoms with Gasteiger partial charge < -0.3 is 4.48 Å². The second kappa shape index (κ2) is 2.72. The molecule has 1 aromatic heterocycles. The van der Waals surface area contributed by atoms with Crippen LogP contribution in [0, 0.1) is 0 Å². The summed E-state index contributed by atoms with van der Waals surface area (Å²) in [5.74, 6) is 0. The van der Waals surface area contributed by atoms with Crippen LogP contribution in [0.2, 0.25) is 0 Å². The van der Waals surface area contributed by atoms with Gasteiger partial charge in [-0.15, -0.1) is 0 Å². The number of thiophene rings is 1. The molecule has 0 amide bonds. The van der Waals surface area contributed by atoms with E-state index in [4.69, 9.17) is 0 Å². The average molecular weight is 156 g/mol. The average Bonchev–Trinajstić information content (AvgIpc) is 2.12. The van der Waals surface area contributed by atoms with Crippen LogP contribution in [0.4, 0.5) is 0 Å². The van der Waals surface area contributed by atoms with Gasteiger partial charge in [0.15, 0.2) is 0 Å². The molecule has 1 heterocycles. The Labute approximate surface area is 66.5 Å². The highest BCUT2D eigenvalue weighted by atomic mass is 32.1. The molecule has 56 valence electrons. The maximum absolute atomic E-state index is 2.21. The summed E-state index contributed by atoms with van der Waals surface area (Å²) in [5.41, 5.74) is 1.44. The SMILES string of the molecule is C[N+](C)(C)Cc1ccsc1. The lowest BCUT2D eigenvalue weighted by atomic mass is 10.3. The molecule has 10 heavy (non-hydrogen) atoms. The largest absolute Gasteiger partial charge is 0.327 e. The van der Waals surface area contributed by atoms with Gasteiger partial charge in [-0.2, -0.15) is 11.3 Å². The molecular formula is C8H14NS+. The number of quaternary nitrogens is 1. The lowest BCUT2D eigenvalue weighted by Gasteiger charge is -2.22. The first kappa shape index (κ1) is 7.76. The van der Waals surface area contributed by atoms with Gasteiger partial charge in [0.1, 0.15) is 6.54 Å². The van der Waals surface area contributed by atoms with Crippen LogP contribution in [0.15, 0.2) is 16.8 Å². The molecule has 0 radical (unpaired) electrons. The molecule has 2 heteroatoms. The summed E-state index contributed by atoms with van der Waals surface area (Å²) in [6.07, 6.45) is 0. The van der Waals surface area contributed by atoms with Crippen molar-refractivity contribution in [3.63, 3.8) is 0 Å². The van der Waals surface area contributed by atoms with Crippen molar-refractivity contribution in [2.75, 3.05) is 21.1 Å². The van der Waals surface area contributed by atoms with Gasteiger partial charge in [0.05, 0.1) is 21.1 Å². The summed E-state index contributed by atoms with van der Waals surface area (Å²) >= 11 is 1.77. The van der Waals surface area contributed by atoms with Crippen LogP contribution in [0.1, 0.15) is 5.56 Å². The first-order chi connectivity index (χ1) is 4.58. The van der Waals surface area contributed by atoms with Crippen molar-refractivity contribution in [3.8, 4) is 0 Å². The Kier molecular flexibility index (Phi) is 2.11. The van der Waals surface area contributed by atoms with E-state index in [0.717, 1.165) is 11.0 Å². The zero-order valence-corrected chi connectivity index (χ0v) is 7.61. The minimum atomic E-state index is 1.01. The van der Waals surface area contributed by atoms with E-state index in [2.05, 4.69) is 38.0 Å². The second-order valence-electron chi connectivity index (χ2n) is 3.58. The van der Waals surface area contributed by atoms with Crippen molar-refractivity contribution < 1.29 is 4.48 Å². The van der Waals surface area contributed by atoms with Crippen LogP contribution in [-0.2, 0) is 6.54 Å². The molecule has 0 aliphatic rings. The Morgan fingerprint density at radius 1 is 1.40 bits per heavy atom. The third-order valence-electron chi connectivity index (χ3n) is 1.24. The third-order valence-corrected chi connectivity index (χ3v) is 1.97. The predicted octanol–water partition coefficient (Wildman–Crippen LogP) is 1.95. The Bertz CT molecular complexity index is 184. The van der Waals surface area contributed by atoms with Gasteiger partial charge in [-0.1, -0.05) is 0 Å². The molecule has 1 aromatic rings. The standard InChI is InChI=1S/C8H14NS/c1-9(2,3)6-8-4-5-10-7-8/h4-5,7H,6H2,1-3H3/q+1. The van der Waals surface area contributed by atoms with Gasteiger partial charge in [0.2, 0.25) is 0 Å². The number of nitrogens with zero attached hydrogens (tertiary/aromatic N) is 1. The lowest BCUT2D eigenvalue weighted by molar-refractivity contribution is -0.883. The molecule has 0 atom stereocenters. The molecule has 1 rings (SSSR count). The zero-order valence-electron chi connectivity index (χ0n) is 6.79. The highest BCUT2D eigenvalue weighted by molar-refractivity contribution is 7.07. The van der Waals surface area contributed by atoms with Crippen molar-refractivity contribution in [1.29, 1.82) is 0 Å². The molecule has 0 saturated heterocycles. The lowest BCUT2D eigenvalue weighted by Crippen LogP contribution is -2.32. The minimum absolute atomic E-state index is 1.01. The molecule has 0 N–H and O–H groups in total. The number of rotatable bonds is 2. The van der Waals surface area contributed by atoms with Gasteiger partial charge in [-0.3, -0.25) is 0 Å². The van der Waals surface area contributed by atoms with E-state index in [9.17, 15) is 0 Å². The third kappa shape index (κ3) is 2.50. The Balaban J connectivity index is 2.57. The summed E-state index contributed by atoms with van der Waals surface area (Å²) in [7, 11) is 6.62. The fourth-order valence-corrected chi connectivity index (χ4v) is 1.59. The predicted molar refractivity (Wildman–Crippen MR) is 46.1 cm³/mol. The van der Waals surface area contributed by atoms with E-state index in [1.165, 1.54) is 5.56 Å². The van der Waals surface area contributed by atoms with E-state index < -0.39 is 0 Å². The second-order valence-corrected chi connectivity index (χ2v) is 4.36. The highest BCUT2D eigenvalue weighted by Crippen LogP contribution is 2.10. The minimum Gasteiger partial charge on any atom is -0.327 e. The van der Waals surface area contributed by atoms with Gasteiger partial charge in [-0.05, 0) is 16.8 Å². The van der Waals surface area contributed by atoms with Crippen LogP contribution >= 0.6 is 11.3 Å². The summed E-state index contributed by atoms with van der Waals surface area (Å²) < 4.78 is 1.01. The molecule has 0 bridgehead atoms. The van der Waals surface area contributed by atoms with E-state index in [1.54, 1.807) is 11.3 Å². The van der Waals surface area contributed by atoms with E-state index in [-0.39, 0.29) is 0 Å². The normalized spacial score (nSPS) is 11.9. The summed E-state index contributed by atoms with van der Waals surface area (Å²) in [6, 6.07) is 2.19. The maximum Gasteiger partial charge on any atom is 0.105 e. The summed E-state index contributed by atoms with van der Waals surface area (Å²) in [4.78, 5) is 0. The molecule has 0 aromatic carbocycles. The molecule has 0 fully saturated rings. The summed E-state index contributed by atoms with van der Waals surface area (Å²) in [6.45, 7) is 1.13. The van der Waals surface area contributed by atoms with E-state index in [0.29, 0.717) is 0 Å². The Morgan fingerprint density at radius 2 is 2.10 bits per heavy atom. The van der Waals surface area contributed by atoms with Crippen molar-refractivity contribution >= 4 is 11.3 Å².